The number of benzene rings is 1. The van der Waals surface area contributed by atoms with Crippen LogP contribution >= 0.6 is 0 Å². The van der Waals surface area contributed by atoms with Crippen molar-refractivity contribution >= 4 is 0 Å². The molecule has 16 heavy (non-hydrogen) atoms. The predicted molar refractivity (Wildman–Crippen MR) is 66.3 cm³/mol. The summed E-state index contributed by atoms with van der Waals surface area (Å²) in [7, 11) is 0. The molecule has 2 atom stereocenters. The number of rotatable bonds is 5. The van der Waals surface area contributed by atoms with Crippen LogP contribution in [0.15, 0.2) is 30.3 Å². The Morgan fingerprint density at radius 1 is 1.31 bits per heavy atom. The van der Waals surface area contributed by atoms with E-state index in [1.807, 2.05) is 0 Å². The van der Waals surface area contributed by atoms with Crippen LogP contribution in [0.4, 0.5) is 0 Å². The monoisotopic (exact) mass is 219 g/mol. The number of hydrogen-bond donors (Lipinski definition) is 1. The summed E-state index contributed by atoms with van der Waals surface area (Å²) in [5.74, 6) is 0.592. The van der Waals surface area contributed by atoms with Gasteiger partial charge in [-0.2, -0.15) is 0 Å². The molecule has 1 aromatic carbocycles. The molecule has 88 valence electrons. The van der Waals surface area contributed by atoms with Crippen molar-refractivity contribution in [2.24, 2.45) is 11.7 Å². The van der Waals surface area contributed by atoms with Crippen molar-refractivity contribution in [3.63, 3.8) is 0 Å². The summed E-state index contributed by atoms with van der Waals surface area (Å²) >= 11 is 0. The van der Waals surface area contributed by atoms with Crippen LogP contribution in [0.25, 0.3) is 0 Å². The second kappa shape index (κ2) is 6.02. The lowest BCUT2D eigenvalue weighted by atomic mass is 9.90. The first-order chi connectivity index (χ1) is 7.90. The minimum absolute atomic E-state index is 0.434. The lowest BCUT2D eigenvalue weighted by Crippen LogP contribution is -2.24. The van der Waals surface area contributed by atoms with Gasteiger partial charge < -0.3 is 10.5 Å². The van der Waals surface area contributed by atoms with Gasteiger partial charge in [0, 0.05) is 6.61 Å². The van der Waals surface area contributed by atoms with Crippen molar-refractivity contribution in [3.05, 3.63) is 35.9 Å². The third kappa shape index (κ3) is 3.06. The smallest absolute Gasteiger partial charge is 0.0607 e. The molecule has 0 bridgehead atoms. The van der Waals surface area contributed by atoms with E-state index in [2.05, 4.69) is 30.3 Å². The zero-order chi connectivity index (χ0) is 11.2. The first-order valence-electron chi connectivity index (χ1n) is 6.25. The lowest BCUT2D eigenvalue weighted by molar-refractivity contribution is 0.0604. The van der Waals surface area contributed by atoms with Crippen LogP contribution in [0.1, 0.15) is 24.8 Å². The first kappa shape index (κ1) is 11.6. The largest absolute Gasteiger partial charge is 0.378 e. The SMILES string of the molecule is NCC[C@@H](Cc1ccccc1)[C@@H]1CCCO1. The minimum atomic E-state index is 0.434. The van der Waals surface area contributed by atoms with E-state index in [1.54, 1.807) is 0 Å². The molecule has 2 nitrogen and oxygen atoms in total. The molecule has 2 rings (SSSR count). The minimum Gasteiger partial charge on any atom is -0.378 e. The van der Waals surface area contributed by atoms with Gasteiger partial charge in [0.05, 0.1) is 6.10 Å². The highest BCUT2D eigenvalue weighted by atomic mass is 16.5. The molecule has 0 saturated carbocycles. The van der Waals surface area contributed by atoms with Gasteiger partial charge in [0.1, 0.15) is 0 Å². The average Bonchev–Trinajstić information content (AvgIpc) is 2.83. The maximum atomic E-state index is 5.78. The van der Waals surface area contributed by atoms with E-state index in [1.165, 1.54) is 18.4 Å². The second-order valence-electron chi connectivity index (χ2n) is 4.58. The third-order valence-corrected chi connectivity index (χ3v) is 3.37. The van der Waals surface area contributed by atoms with Gasteiger partial charge in [-0.3, -0.25) is 0 Å². The Kier molecular flexibility index (Phi) is 4.37. The number of hydrogen-bond acceptors (Lipinski definition) is 2. The van der Waals surface area contributed by atoms with E-state index in [-0.39, 0.29) is 0 Å². The molecule has 2 N–H and O–H groups in total. The topological polar surface area (TPSA) is 35.2 Å². The van der Waals surface area contributed by atoms with Crippen molar-refractivity contribution in [1.29, 1.82) is 0 Å². The van der Waals surface area contributed by atoms with Gasteiger partial charge in [0.25, 0.3) is 0 Å². The van der Waals surface area contributed by atoms with Gasteiger partial charge >= 0.3 is 0 Å². The predicted octanol–water partition coefficient (Wildman–Crippen LogP) is 2.37. The van der Waals surface area contributed by atoms with Crippen molar-refractivity contribution < 1.29 is 4.74 Å². The van der Waals surface area contributed by atoms with Crippen LogP contribution in [0, 0.1) is 5.92 Å². The molecule has 0 spiro atoms. The fraction of sp³-hybridized carbons (Fsp3) is 0.571. The fourth-order valence-corrected chi connectivity index (χ4v) is 2.52. The summed E-state index contributed by atoms with van der Waals surface area (Å²) in [5.41, 5.74) is 7.09. The molecule has 1 aromatic rings. The maximum Gasteiger partial charge on any atom is 0.0607 e. The van der Waals surface area contributed by atoms with Gasteiger partial charge in [-0.05, 0) is 43.7 Å². The Morgan fingerprint density at radius 3 is 2.75 bits per heavy atom. The molecule has 0 aromatic heterocycles. The van der Waals surface area contributed by atoms with Gasteiger partial charge in [0.15, 0.2) is 0 Å². The summed E-state index contributed by atoms with van der Waals surface area (Å²) in [5, 5.41) is 0. The highest BCUT2D eigenvalue weighted by Gasteiger charge is 2.25. The molecule has 1 aliphatic rings. The highest BCUT2D eigenvalue weighted by Crippen LogP contribution is 2.25. The number of nitrogens with two attached hydrogens (primary N) is 1. The summed E-state index contributed by atoms with van der Waals surface area (Å²) in [6, 6.07) is 10.7. The Bertz CT molecular complexity index is 293. The Balaban J connectivity index is 1.96. The van der Waals surface area contributed by atoms with E-state index in [9.17, 15) is 0 Å². The highest BCUT2D eigenvalue weighted by molar-refractivity contribution is 5.15. The molecule has 1 aliphatic heterocycles. The normalized spacial score (nSPS) is 22.2. The van der Waals surface area contributed by atoms with E-state index in [0.717, 1.165) is 26.0 Å². The molecule has 2 heteroatoms. The van der Waals surface area contributed by atoms with E-state index < -0.39 is 0 Å². The van der Waals surface area contributed by atoms with Gasteiger partial charge in [-0.1, -0.05) is 30.3 Å². The van der Waals surface area contributed by atoms with Crippen LogP contribution in [0.5, 0.6) is 0 Å². The second-order valence-corrected chi connectivity index (χ2v) is 4.58. The summed E-state index contributed by atoms with van der Waals surface area (Å²) in [6.45, 7) is 1.69. The molecule has 0 unspecified atom stereocenters. The van der Waals surface area contributed by atoms with Crippen LogP contribution < -0.4 is 5.73 Å². The average molecular weight is 219 g/mol. The van der Waals surface area contributed by atoms with E-state index in [0.29, 0.717) is 12.0 Å². The van der Waals surface area contributed by atoms with Gasteiger partial charge in [0.2, 0.25) is 0 Å². The molecule has 0 aliphatic carbocycles. The summed E-state index contributed by atoms with van der Waals surface area (Å²) < 4.78 is 5.78. The zero-order valence-corrected chi connectivity index (χ0v) is 9.77. The van der Waals surface area contributed by atoms with Crippen molar-refractivity contribution in [2.45, 2.75) is 31.8 Å². The number of ether oxygens (including phenoxy) is 1. The molecular formula is C14H21NO. The Labute approximate surface area is 97.8 Å². The van der Waals surface area contributed by atoms with Gasteiger partial charge in [-0.15, -0.1) is 0 Å². The molecule has 1 heterocycles. The molecule has 1 fully saturated rings. The van der Waals surface area contributed by atoms with Crippen LogP contribution in [0.3, 0.4) is 0 Å². The Morgan fingerprint density at radius 2 is 2.12 bits per heavy atom. The third-order valence-electron chi connectivity index (χ3n) is 3.37. The van der Waals surface area contributed by atoms with Gasteiger partial charge in [-0.25, -0.2) is 0 Å². The fourth-order valence-electron chi connectivity index (χ4n) is 2.52. The van der Waals surface area contributed by atoms with Crippen LogP contribution in [0.2, 0.25) is 0 Å². The Hall–Kier alpha value is -0.860. The van der Waals surface area contributed by atoms with Crippen LogP contribution in [-0.2, 0) is 11.2 Å². The maximum absolute atomic E-state index is 5.78. The zero-order valence-electron chi connectivity index (χ0n) is 9.77. The molecule has 1 saturated heterocycles. The summed E-state index contributed by atoms with van der Waals surface area (Å²) in [6.07, 6.45) is 5.02. The first-order valence-corrected chi connectivity index (χ1v) is 6.25. The standard InChI is InChI=1S/C14H21NO/c15-9-8-13(14-7-4-10-16-14)11-12-5-2-1-3-6-12/h1-3,5-6,13-14H,4,7-11,15H2/t13-,14-/m0/s1. The quantitative estimate of drug-likeness (QED) is 0.825. The van der Waals surface area contributed by atoms with Crippen molar-refractivity contribution in [2.75, 3.05) is 13.2 Å². The van der Waals surface area contributed by atoms with E-state index >= 15 is 0 Å². The van der Waals surface area contributed by atoms with Crippen molar-refractivity contribution in [3.8, 4) is 0 Å². The molecular weight excluding hydrogens is 198 g/mol. The molecule has 0 amide bonds. The van der Waals surface area contributed by atoms with E-state index in [4.69, 9.17) is 10.5 Å². The molecule has 0 radical (unpaired) electrons. The summed E-state index contributed by atoms with van der Waals surface area (Å²) in [4.78, 5) is 0. The van der Waals surface area contributed by atoms with Crippen molar-refractivity contribution in [1.82, 2.24) is 0 Å². The van der Waals surface area contributed by atoms with Crippen LogP contribution in [-0.4, -0.2) is 19.3 Å². The lowest BCUT2D eigenvalue weighted by Gasteiger charge is -2.22.